The summed E-state index contributed by atoms with van der Waals surface area (Å²) in [6.07, 6.45) is 3.05. The molecule has 1 heterocycles. The summed E-state index contributed by atoms with van der Waals surface area (Å²) in [6, 6.07) is 0.290. The molecular weight excluding hydrogens is 188 g/mol. The van der Waals surface area contributed by atoms with E-state index in [1.165, 1.54) is 6.26 Å². The van der Waals surface area contributed by atoms with Crippen LogP contribution in [0.15, 0.2) is 0 Å². The Bertz CT molecular complexity index is 251. The number of sulfone groups is 1. The summed E-state index contributed by atoms with van der Waals surface area (Å²) >= 11 is 0. The molecule has 1 aliphatic heterocycles. The molecular formula is C8H18N2O2S. The van der Waals surface area contributed by atoms with Crippen LogP contribution in [0.25, 0.3) is 0 Å². The average Bonchev–Trinajstić information content (AvgIpc) is 2.33. The lowest BCUT2D eigenvalue weighted by Crippen LogP contribution is -2.28. The van der Waals surface area contributed by atoms with E-state index in [2.05, 4.69) is 4.90 Å². The van der Waals surface area contributed by atoms with E-state index in [0.29, 0.717) is 11.8 Å². The van der Waals surface area contributed by atoms with Crippen molar-refractivity contribution in [1.29, 1.82) is 0 Å². The van der Waals surface area contributed by atoms with Crippen molar-refractivity contribution in [2.45, 2.75) is 18.9 Å². The van der Waals surface area contributed by atoms with E-state index in [4.69, 9.17) is 5.73 Å². The van der Waals surface area contributed by atoms with Crippen LogP contribution in [0, 0.1) is 0 Å². The molecule has 0 amide bonds. The molecule has 1 atom stereocenters. The second-order valence-electron chi connectivity index (χ2n) is 3.83. The molecule has 4 nitrogen and oxygen atoms in total. The summed E-state index contributed by atoms with van der Waals surface area (Å²) in [5.74, 6) is 0.290. The lowest BCUT2D eigenvalue weighted by molar-refractivity contribution is 0.335. The Balaban J connectivity index is 2.14. The largest absolute Gasteiger partial charge is 0.326 e. The summed E-state index contributed by atoms with van der Waals surface area (Å²) < 4.78 is 21.7. The molecule has 1 saturated heterocycles. The fraction of sp³-hybridized carbons (Fsp3) is 1.00. The van der Waals surface area contributed by atoms with Gasteiger partial charge >= 0.3 is 0 Å². The minimum absolute atomic E-state index is 0.290. The Kier molecular flexibility index (Phi) is 3.70. The number of rotatable bonds is 4. The molecule has 0 aromatic carbocycles. The van der Waals surface area contributed by atoms with E-state index < -0.39 is 9.84 Å². The van der Waals surface area contributed by atoms with E-state index in [-0.39, 0.29) is 0 Å². The standard InChI is InChI=1S/C8H18N2O2S/c1-13(11,12)6-2-4-10-5-3-8(9)7-10/h8H,2-7,9H2,1H3/t8-/m1/s1. The third kappa shape index (κ3) is 4.59. The molecule has 2 N–H and O–H groups in total. The number of hydrogen-bond acceptors (Lipinski definition) is 4. The molecule has 0 bridgehead atoms. The lowest BCUT2D eigenvalue weighted by Gasteiger charge is -2.13. The van der Waals surface area contributed by atoms with Gasteiger partial charge in [-0.25, -0.2) is 8.42 Å². The van der Waals surface area contributed by atoms with Gasteiger partial charge in [-0.2, -0.15) is 0 Å². The number of hydrogen-bond donors (Lipinski definition) is 1. The maximum Gasteiger partial charge on any atom is 0.147 e. The van der Waals surface area contributed by atoms with Crippen molar-refractivity contribution in [2.75, 3.05) is 31.6 Å². The van der Waals surface area contributed by atoms with Crippen molar-refractivity contribution in [3.63, 3.8) is 0 Å². The zero-order valence-corrected chi connectivity index (χ0v) is 8.89. The highest BCUT2D eigenvalue weighted by Crippen LogP contribution is 2.07. The van der Waals surface area contributed by atoms with Gasteiger partial charge in [-0.1, -0.05) is 0 Å². The Morgan fingerprint density at radius 3 is 2.69 bits per heavy atom. The van der Waals surface area contributed by atoms with Crippen molar-refractivity contribution in [3.8, 4) is 0 Å². The smallest absolute Gasteiger partial charge is 0.147 e. The molecule has 0 unspecified atom stereocenters. The van der Waals surface area contributed by atoms with E-state index in [9.17, 15) is 8.42 Å². The molecule has 0 saturated carbocycles. The molecule has 78 valence electrons. The van der Waals surface area contributed by atoms with Gasteiger partial charge in [0.25, 0.3) is 0 Å². The van der Waals surface area contributed by atoms with Crippen LogP contribution in [-0.2, 0) is 9.84 Å². The van der Waals surface area contributed by atoms with Crippen LogP contribution in [-0.4, -0.2) is 51.0 Å². The summed E-state index contributed by atoms with van der Waals surface area (Å²) in [7, 11) is -2.79. The van der Waals surface area contributed by atoms with Gasteiger partial charge in [0.1, 0.15) is 9.84 Å². The molecule has 5 heteroatoms. The third-order valence-corrected chi connectivity index (χ3v) is 3.33. The topological polar surface area (TPSA) is 63.4 Å². The summed E-state index contributed by atoms with van der Waals surface area (Å²) in [4.78, 5) is 2.23. The number of nitrogens with two attached hydrogens (primary N) is 1. The van der Waals surface area contributed by atoms with E-state index in [0.717, 1.165) is 32.5 Å². The van der Waals surface area contributed by atoms with Crippen molar-refractivity contribution in [1.82, 2.24) is 4.90 Å². The van der Waals surface area contributed by atoms with Gasteiger partial charge in [-0.3, -0.25) is 0 Å². The third-order valence-electron chi connectivity index (χ3n) is 2.30. The van der Waals surface area contributed by atoms with Gasteiger partial charge in [0.2, 0.25) is 0 Å². The quantitative estimate of drug-likeness (QED) is 0.670. The van der Waals surface area contributed by atoms with Crippen molar-refractivity contribution < 1.29 is 8.42 Å². The van der Waals surface area contributed by atoms with Crippen molar-refractivity contribution in [2.24, 2.45) is 5.73 Å². The zero-order chi connectivity index (χ0) is 9.90. The highest BCUT2D eigenvalue weighted by atomic mass is 32.2. The highest BCUT2D eigenvalue weighted by Gasteiger charge is 2.18. The lowest BCUT2D eigenvalue weighted by atomic mass is 10.3. The normalized spacial score (nSPS) is 25.2. The monoisotopic (exact) mass is 206 g/mol. The molecule has 0 radical (unpaired) electrons. The molecule has 0 aliphatic carbocycles. The Morgan fingerprint density at radius 1 is 1.54 bits per heavy atom. The molecule has 1 fully saturated rings. The zero-order valence-electron chi connectivity index (χ0n) is 8.07. The summed E-state index contributed by atoms with van der Waals surface area (Å²) in [5.41, 5.74) is 5.72. The van der Waals surface area contributed by atoms with Crippen LogP contribution in [0.2, 0.25) is 0 Å². The highest BCUT2D eigenvalue weighted by molar-refractivity contribution is 7.90. The molecule has 13 heavy (non-hydrogen) atoms. The van der Waals surface area contributed by atoms with Gasteiger partial charge in [-0.05, 0) is 25.9 Å². The maximum absolute atomic E-state index is 10.8. The predicted octanol–water partition coefficient (Wildman–Crippen LogP) is -0.546. The minimum atomic E-state index is -2.79. The van der Waals surface area contributed by atoms with Gasteiger partial charge in [-0.15, -0.1) is 0 Å². The summed E-state index contributed by atoms with van der Waals surface area (Å²) in [5, 5.41) is 0. The van der Waals surface area contributed by atoms with Crippen LogP contribution >= 0.6 is 0 Å². The molecule has 0 aromatic rings. The van der Waals surface area contributed by atoms with Crippen LogP contribution < -0.4 is 5.73 Å². The first-order chi connectivity index (χ1) is 5.97. The second-order valence-corrected chi connectivity index (χ2v) is 6.09. The van der Waals surface area contributed by atoms with Gasteiger partial charge < -0.3 is 10.6 Å². The van der Waals surface area contributed by atoms with Crippen LogP contribution in [0.3, 0.4) is 0 Å². The van der Waals surface area contributed by atoms with Crippen molar-refractivity contribution >= 4 is 9.84 Å². The molecule has 0 spiro atoms. The first-order valence-electron chi connectivity index (χ1n) is 4.63. The Labute approximate surface area is 80.0 Å². The van der Waals surface area contributed by atoms with Gasteiger partial charge in [0, 0.05) is 18.8 Å². The number of nitrogens with zero attached hydrogens (tertiary/aromatic N) is 1. The van der Waals surface area contributed by atoms with Gasteiger partial charge in [0.15, 0.2) is 0 Å². The van der Waals surface area contributed by atoms with Gasteiger partial charge in [0.05, 0.1) is 5.75 Å². The maximum atomic E-state index is 10.8. The van der Waals surface area contributed by atoms with E-state index >= 15 is 0 Å². The second kappa shape index (κ2) is 4.39. The first-order valence-corrected chi connectivity index (χ1v) is 6.69. The molecule has 1 aliphatic rings. The Morgan fingerprint density at radius 2 is 2.23 bits per heavy atom. The van der Waals surface area contributed by atoms with Crippen molar-refractivity contribution in [3.05, 3.63) is 0 Å². The first kappa shape index (κ1) is 10.9. The fourth-order valence-electron chi connectivity index (χ4n) is 1.62. The van der Waals surface area contributed by atoms with E-state index in [1.54, 1.807) is 0 Å². The predicted molar refractivity (Wildman–Crippen MR) is 53.4 cm³/mol. The van der Waals surface area contributed by atoms with Crippen LogP contribution in [0.1, 0.15) is 12.8 Å². The molecule has 0 aromatic heterocycles. The van der Waals surface area contributed by atoms with Crippen LogP contribution in [0.5, 0.6) is 0 Å². The Hall–Kier alpha value is -0.130. The summed E-state index contributed by atoms with van der Waals surface area (Å²) in [6.45, 7) is 2.80. The minimum Gasteiger partial charge on any atom is -0.326 e. The number of likely N-dealkylation sites (tertiary alicyclic amines) is 1. The molecule has 1 rings (SSSR count). The van der Waals surface area contributed by atoms with E-state index in [1.807, 2.05) is 0 Å². The fourth-order valence-corrected chi connectivity index (χ4v) is 2.27. The van der Waals surface area contributed by atoms with Crippen LogP contribution in [0.4, 0.5) is 0 Å². The SMILES string of the molecule is CS(=O)(=O)CCCN1CC[C@@H](N)C1. The average molecular weight is 206 g/mol.